The van der Waals surface area contributed by atoms with Crippen LogP contribution >= 0.6 is 11.8 Å². The molecule has 0 atom stereocenters. The molecule has 2 aromatic rings. The molecular weight excluding hydrogens is 450 g/mol. The highest BCUT2D eigenvalue weighted by Crippen LogP contribution is 2.39. The lowest BCUT2D eigenvalue weighted by atomic mass is 9.96. The number of allylic oxidation sites excluding steroid dienone is 2. The fourth-order valence-electron chi connectivity index (χ4n) is 4.31. The largest absolute Gasteiger partial charge is 0.454 e. The minimum absolute atomic E-state index is 0.367. The Morgan fingerprint density at radius 2 is 1.97 bits per heavy atom. The van der Waals surface area contributed by atoms with Gasteiger partial charge in [0, 0.05) is 47.7 Å². The van der Waals surface area contributed by atoms with Crippen molar-refractivity contribution in [1.82, 2.24) is 19.6 Å². The second-order valence-electron chi connectivity index (χ2n) is 9.18. The van der Waals surface area contributed by atoms with Crippen molar-refractivity contribution in [3.8, 4) is 5.75 Å². The second kappa shape index (κ2) is 9.56. The number of hydrogen-bond acceptors (Lipinski definition) is 7. The Bertz CT molecular complexity index is 1150. The Hall–Kier alpha value is -2.62. The van der Waals surface area contributed by atoms with Gasteiger partial charge in [-0.05, 0) is 37.8 Å². The van der Waals surface area contributed by atoms with Gasteiger partial charge in [0.15, 0.2) is 5.75 Å². The highest BCUT2D eigenvalue weighted by Gasteiger charge is 2.29. The molecule has 5 heterocycles. The van der Waals surface area contributed by atoms with Crippen molar-refractivity contribution < 1.29 is 14.2 Å². The summed E-state index contributed by atoms with van der Waals surface area (Å²) in [6.45, 7) is 7.13. The van der Waals surface area contributed by atoms with Crippen molar-refractivity contribution >= 4 is 22.4 Å². The first-order valence-electron chi connectivity index (χ1n) is 12.0. The van der Waals surface area contributed by atoms with E-state index in [1.807, 2.05) is 23.2 Å². The van der Waals surface area contributed by atoms with E-state index >= 15 is 0 Å². The van der Waals surface area contributed by atoms with Crippen LogP contribution in [-0.4, -0.2) is 57.5 Å². The Balaban J connectivity index is 1.10. The van der Waals surface area contributed by atoms with Gasteiger partial charge < -0.3 is 14.2 Å². The Labute approximate surface area is 203 Å². The van der Waals surface area contributed by atoms with Crippen LogP contribution in [0.25, 0.3) is 4.91 Å². The molecule has 0 aromatic carbocycles. The van der Waals surface area contributed by atoms with Gasteiger partial charge in [0.1, 0.15) is 11.5 Å². The minimum atomic E-state index is 0.367. The normalized spacial score (nSPS) is 22.9. The molecule has 0 unspecified atom stereocenters. The van der Waals surface area contributed by atoms with Crippen LogP contribution in [0.1, 0.15) is 54.9 Å². The maximum absolute atomic E-state index is 6.14. The summed E-state index contributed by atoms with van der Waals surface area (Å²) in [4.78, 5) is 5.82. The molecule has 2 aromatic heterocycles. The van der Waals surface area contributed by atoms with E-state index < -0.39 is 0 Å². The third-order valence-corrected chi connectivity index (χ3v) is 7.65. The zero-order valence-electron chi connectivity index (χ0n) is 19.1. The first-order chi connectivity index (χ1) is 16.7. The van der Waals surface area contributed by atoms with Gasteiger partial charge in [-0.3, -0.25) is 14.4 Å². The van der Waals surface area contributed by atoms with Crippen molar-refractivity contribution in [1.29, 1.82) is 0 Å². The average molecular weight is 480 g/mol. The van der Waals surface area contributed by atoms with Crippen molar-refractivity contribution in [3.63, 3.8) is 0 Å². The van der Waals surface area contributed by atoms with Crippen LogP contribution in [0.2, 0.25) is 0 Å². The standard InChI is InChI=1S/C25H29N5O3S/c1-17(33-23-13-30(21-2-3-21)28-25(23)18-5-8-31-9-6-18)4-7-26-20-10-24(34-16-20)19-11-27-29(12-19)22-14-32-15-22/h4,7,10-13,18,21-22H,1-3,5-6,8-9,14-16H2/b7-4-,26-20?. The van der Waals surface area contributed by atoms with Crippen LogP contribution in [0.5, 0.6) is 5.75 Å². The molecule has 2 saturated heterocycles. The molecule has 3 fully saturated rings. The van der Waals surface area contributed by atoms with Crippen LogP contribution in [-0.2, 0) is 9.47 Å². The van der Waals surface area contributed by atoms with Gasteiger partial charge in [-0.25, -0.2) is 0 Å². The molecule has 9 heteroatoms. The summed E-state index contributed by atoms with van der Waals surface area (Å²) in [5, 5.41) is 9.35. The molecule has 1 saturated carbocycles. The number of aliphatic imine (C=N–C) groups is 1. The van der Waals surface area contributed by atoms with Gasteiger partial charge in [-0.1, -0.05) is 6.58 Å². The van der Waals surface area contributed by atoms with E-state index in [0.717, 1.165) is 67.7 Å². The van der Waals surface area contributed by atoms with E-state index in [9.17, 15) is 0 Å². The summed E-state index contributed by atoms with van der Waals surface area (Å²) in [7, 11) is 0. The van der Waals surface area contributed by atoms with Crippen molar-refractivity contribution in [3.05, 3.63) is 60.5 Å². The molecule has 178 valence electrons. The van der Waals surface area contributed by atoms with Crippen molar-refractivity contribution in [2.24, 2.45) is 4.99 Å². The first-order valence-corrected chi connectivity index (χ1v) is 12.9. The SMILES string of the molecule is C=C(/C=C\N=C1C=C(c2cnn(C3COC3)c2)SC1)Oc1cn(C2CC2)nc1C1CCOCC1. The molecule has 0 amide bonds. The molecule has 0 N–H and O–H groups in total. The smallest absolute Gasteiger partial charge is 0.168 e. The third-order valence-electron chi connectivity index (χ3n) is 6.55. The van der Waals surface area contributed by atoms with E-state index in [0.29, 0.717) is 23.8 Å². The monoisotopic (exact) mass is 479 g/mol. The second-order valence-corrected chi connectivity index (χ2v) is 10.2. The molecule has 0 radical (unpaired) electrons. The molecule has 6 rings (SSSR count). The maximum Gasteiger partial charge on any atom is 0.168 e. The van der Waals surface area contributed by atoms with E-state index in [-0.39, 0.29) is 0 Å². The predicted octanol–water partition coefficient (Wildman–Crippen LogP) is 4.51. The van der Waals surface area contributed by atoms with E-state index in [4.69, 9.17) is 19.3 Å². The van der Waals surface area contributed by atoms with Crippen LogP contribution < -0.4 is 4.74 Å². The van der Waals surface area contributed by atoms with Crippen LogP contribution in [0, 0.1) is 0 Å². The highest BCUT2D eigenvalue weighted by atomic mass is 32.2. The zero-order chi connectivity index (χ0) is 22.9. The van der Waals surface area contributed by atoms with Gasteiger partial charge >= 0.3 is 0 Å². The molecule has 1 aliphatic carbocycles. The number of rotatable bonds is 8. The highest BCUT2D eigenvalue weighted by molar-refractivity contribution is 8.09. The third kappa shape index (κ3) is 4.78. The van der Waals surface area contributed by atoms with Gasteiger partial charge in [0.2, 0.25) is 0 Å². The first kappa shape index (κ1) is 21.9. The summed E-state index contributed by atoms with van der Waals surface area (Å²) >= 11 is 1.78. The van der Waals surface area contributed by atoms with E-state index in [1.165, 1.54) is 17.7 Å². The molecular formula is C25H29N5O3S. The van der Waals surface area contributed by atoms with Crippen LogP contribution in [0.15, 0.2) is 54.3 Å². The molecule has 34 heavy (non-hydrogen) atoms. The van der Waals surface area contributed by atoms with Gasteiger partial charge in [-0.15, -0.1) is 11.8 Å². The summed E-state index contributed by atoms with van der Waals surface area (Å²) in [6, 6.07) is 0.882. The van der Waals surface area contributed by atoms with Gasteiger partial charge in [0.25, 0.3) is 0 Å². The summed E-state index contributed by atoms with van der Waals surface area (Å²) < 4.78 is 21.0. The number of nitrogens with zero attached hydrogens (tertiary/aromatic N) is 5. The molecule has 3 aliphatic heterocycles. The lowest BCUT2D eigenvalue weighted by molar-refractivity contribution is -0.0286. The zero-order valence-corrected chi connectivity index (χ0v) is 20.0. The lowest BCUT2D eigenvalue weighted by Gasteiger charge is -2.25. The maximum atomic E-state index is 6.14. The average Bonchev–Trinajstić information content (AvgIpc) is 3.18. The number of ether oxygens (including phenoxy) is 3. The molecule has 0 bridgehead atoms. The quantitative estimate of drug-likeness (QED) is 0.410. The lowest BCUT2D eigenvalue weighted by Crippen LogP contribution is -2.30. The van der Waals surface area contributed by atoms with Gasteiger partial charge in [0.05, 0.1) is 43.4 Å². The minimum Gasteiger partial charge on any atom is -0.454 e. The number of aromatic nitrogens is 4. The van der Waals surface area contributed by atoms with Crippen LogP contribution in [0.4, 0.5) is 0 Å². The molecule has 4 aliphatic rings. The van der Waals surface area contributed by atoms with Crippen molar-refractivity contribution in [2.75, 3.05) is 32.2 Å². The van der Waals surface area contributed by atoms with Crippen LogP contribution in [0.3, 0.4) is 0 Å². The summed E-state index contributed by atoms with van der Waals surface area (Å²) in [6.07, 6.45) is 16.1. The van der Waals surface area contributed by atoms with Gasteiger partial charge in [-0.2, -0.15) is 10.2 Å². The fourth-order valence-corrected chi connectivity index (χ4v) is 5.26. The topological polar surface area (TPSA) is 75.7 Å². The molecule has 8 nitrogen and oxygen atoms in total. The number of thioether (sulfide) groups is 1. The summed E-state index contributed by atoms with van der Waals surface area (Å²) in [5.74, 6) is 2.59. The molecule has 0 spiro atoms. The van der Waals surface area contributed by atoms with E-state index in [2.05, 4.69) is 33.6 Å². The van der Waals surface area contributed by atoms with Crippen molar-refractivity contribution in [2.45, 2.75) is 43.7 Å². The fraction of sp³-hybridized carbons (Fsp3) is 0.480. The van der Waals surface area contributed by atoms with E-state index in [1.54, 1.807) is 18.0 Å². The summed E-state index contributed by atoms with van der Waals surface area (Å²) in [5.41, 5.74) is 3.19. The predicted molar refractivity (Wildman–Crippen MR) is 132 cm³/mol. The number of hydrogen-bond donors (Lipinski definition) is 0. The Morgan fingerprint density at radius 1 is 1.12 bits per heavy atom. The Morgan fingerprint density at radius 3 is 2.74 bits per heavy atom. The Kier molecular flexibility index (Phi) is 6.15.